The third-order valence-corrected chi connectivity index (χ3v) is 3.01. The van der Waals surface area contributed by atoms with Crippen LogP contribution in [0, 0.1) is 0 Å². The van der Waals surface area contributed by atoms with E-state index in [4.69, 9.17) is 0 Å². The van der Waals surface area contributed by atoms with Crippen LogP contribution in [-0.2, 0) is 4.79 Å². The zero-order valence-electron chi connectivity index (χ0n) is 10.9. The van der Waals surface area contributed by atoms with E-state index in [2.05, 4.69) is 20.9 Å². The van der Waals surface area contributed by atoms with Crippen LogP contribution in [0.15, 0.2) is 22.8 Å². The van der Waals surface area contributed by atoms with Crippen molar-refractivity contribution < 1.29 is 31.1 Å². The Morgan fingerprint density at radius 3 is 2.09 bits per heavy atom. The molecule has 0 spiro atoms. The van der Waals surface area contributed by atoms with Gasteiger partial charge in [0.1, 0.15) is 5.82 Å². The maximum Gasteiger partial charge on any atom is 0.439 e. The third kappa shape index (κ3) is 3.81. The van der Waals surface area contributed by atoms with Crippen LogP contribution >= 0.6 is 15.9 Å². The predicted molar refractivity (Wildman–Crippen MR) is 68.8 cm³/mol. The Morgan fingerprint density at radius 1 is 1.18 bits per heavy atom. The van der Waals surface area contributed by atoms with Gasteiger partial charge in [-0.05, 0) is 28.1 Å². The average molecular weight is 394 g/mol. The molecule has 0 atom stereocenters. The first-order valence-corrected chi connectivity index (χ1v) is 6.56. The number of hydrogen-bond acceptors (Lipinski definition) is 3. The molecule has 0 aliphatic carbocycles. The van der Waals surface area contributed by atoms with Crippen LogP contribution in [0.1, 0.15) is 13.3 Å². The van der Waals surface area contributed by atoms with Crippen molar-refractivity contribution in [2.45, 2.75) is 31.4 Å². The van der Waals surface area contributed by atoms with Crippen molar-refractivity contribution in [3.63, 3.8) is 0 Å². The van der Waals surface area contributed by atoms with Crippen LogP contribution in [0.5, 0.6) is 0 Å². The number of rotatable bonds is 4. The lowest BCUT2D eigenvalue weighted by atomic mass is 10.1. The summed E-state index contributed by atoms with van der Waals surface area (Å²) in [4.78, 5) is 14.6. The van der Waals surface area contributed by atoms with Crippen LogP contribution < -0.4 is 10.6 Å². The van der Waals surface area contributed by atoms with Crippen molar-refractivity contribution >= 4 is 27.7 Å². The van der Waals surface area contributed by atoms with E-state index in [1.165, 1.54) is 11.4 Å². The zero-order chi connectivity index (χ0) is 17.2. The lowest BCUT2D eigenvalue weighted by Crippen LogP contribution is -2.72. The maximum atomic E-state index is 13.1. The highest BCUT2D eigenvalue weighted by Gasteiger charge is 2.72. The van der Waals surface area contributed by atoms with Gasteiger partial charge < -0.3 is 10.6 Å². The van der Waals surface area contributed by atoms with Crippen molar-refractivity contribution in [2.75, 3.05) is 5.32 Å². The second kappa shape index (κ2) is 6.31. The minimum absolute atomic E-state index is 0.361. The third-order valence-electron chi connectivity index (χ3n) is 2.54. The van der Waals surface area contributed by atoms with Gasteiger partial charge in [0.2, 0.25) is 5.91 Å². The van der Waals surface area contributed by atoms with Gasteiger partial charge in [0.05, 0.1) is 0 Å². The molecule has 0 unspecified atom stereocenters. The first kappa shape index (κ1) is 18.5. The zero-order valence-corrected chi connectivity index (χ0v) is 12.5. The number of carbonyl (C=O) groups is 1. The largest absolute Gasteiger partial charge is 0.439 e. The smallest absolute Gasteiger partial charge is 0.332 e. The average Bonchev–Trinajstić information content (AvgIpc) is 2.37. The van der Waals surface area contributed by atoms with Gasteiger partial charge in [0.25, 0.3) is 0 Å². The van der Waals surface area contributed by atoms with Gasteiger partial charge in [0, 0.05) is 17.1 Å². The fraction of sp³-hybridized carbons (Fsp3) is 0.455. The topological polar surface area (TPSA) is 54.0 Å². The quantitative estimate of drug-likeness (QED) is 0.606. The van der Waals surface area contributed by atoms with Crippen LogP contribution in [0.25, 0.3) is 0 Å². The highest BCUT2D eigenvalue weighted by molar-refractivity contribution is 9.10. The highest BCUT2D eigenvalue weighted by atomic mass is 79.9. The Balaban J connectivity index is 3.35. The molecule has 2 N–H and O–H groups in total. The molecule has 1 aromatic heterocycles. The molecule has 1 heterocycles. The van der Waals surface area contributed by atoms with E-state index in [0.29, 0.717) is 4.47 Å². The second-order valence-electron chi connectivity index (χ2n) is 4.13. The fourth-order valence-electron chi connectivity index (χ4n) is 1.41. The SMILES string of the molecule is CCC(=O)NC(Nc1ccc(Br)cn1)(C(F)(F)F)C(F)(F)F. The molecule has 0 aliphatic heterocycles. The van der Waals surface area contributed by atoms with E-state index in [1.807, 2.05) is 0 Å². The number of pyridine rings is 1. The molecule has 0 aromatic carbocycles. The van der Waals surface area contributed by atoms with Crippen LogP contribution in [0.4, 0.5) is 32.2 Å². The molecular formula is C11H10BrF6N3O. The standard InChI is InChI=1S/C11H10BrF6N3O/c1-2-8(22)21-9(10(13,14)15,11(16,17)18)20-7-4-3-6(12)5-19-7/h3-5H,2H2,1H3,(H,19,20)(H,21,22). The summed E-state index contributed by atoms with van der Waals surface area (Å²) in [5.41, 5.74) is -4.63. The summed E-state index contributed by atoms with van der Waals surface area (Å²) in [6, 6.07) is 2.11. The number of nitrogens with one attached hydrogen (secondary N) is 2. The lowest BCUT2D eigenvalue weighted by Gasteiger charge is -2.38. The first-order valence-electron chi connectivity index (χ1n) is 5.77. The summed E-state index contributed by atoms with van der Waals surface area (Å²) in [6.45, 7) is 1.13. The number of carbonyl (C=O) groups excluding carboxylic acids is 1. The van der Waals surface area contributed by atoms with E-state index in [-0.39, 0.29) is 0 Å². The van der Waals surface area contributed by atoms with E-state index in [0.717, 1.165) is 24.5 Å². The second-order valence-corrected chi connectivity index (χ2v) is 5.05. The number of halogens is 7. The summed E-state index contributed by atoms with van der Waals surface area (Å²) in [6.07, 6.45) is -11.2. The number of aromatic nitrogens is 1. The lowest BCUT2D eigenvalue weighted by molar-refractivity contribution is -0.296. The number of alkyl halides is 6. The molecular weight excluding hydrogens is 384 g/mol. The normalized spacial score (nSPS) is 12.9. The van der Waals surface area contributed by atoms with Crippen LogP contribution in [0.2, 0.25) is 0 Å². The van der Waals surface area contributed by atoms with Crippen molar-refractivity contribution in [1.29, 1.82) is 0 Å². The molecule has 22 heavy (non-hydrogen) atoms. The number of nitrogens with zero attached hydrogens (tertiary/aromatic N) is 1. The monoisotopic (exact) mass is 393 g/mol. The van der Waals surface area contributed by atoms with Crippen LogP contribution in [0.3, 0.4) is 0 Å². The molecule has 1 amide bonds. The molecule has 1 rings (SSSR count). The predicted octanol–water partition coefficient (Wildman–Crippen LogP) is 3.60. The van der Waals surface area contributed by atoms with Crippen molar-refractivity contribution in [2.24, 2.45) is 0 Å². The summed E-state index contributed by atoms with van der Waals surface area (Å²) >= 11 is 2.95. The van der Waals surface area contributed by atoms with E-state index < -0.39 is 36.2 Å². The molecule has 0 aliphatic rings. The number of amides is 1. The van der Waals surface area contributed by atoms with E-state index >= 15 is 0 Å². The van der Waals surface area contributed by atoms with Gasteiger partial charge in [-0.2, -0.15) is 26.3 Å². The van der Waals surface area contributed by atoms with Crippen molar-refractivity contribution in [3.8, 4) is 0 Å². The molecule has 124 valence electrons. The molecule has 0 radical (unpaired) electrons. The van der Waals surface area contributed by atoms with Gasteiger partial charge in [-0.3, -0.25) is 4.79 Å². The fourth-order valence-corrected chi connectivity index (χ4v) is 1.65. The maximum absolute atomic E-state index is 13.1. The summed E-state index contributed by atoms with van der Waals surface area (Å²) in [5.74, 6) is -2.12. The van der Waals surface area contributed by atoms with Gasteiger partial charge in [-0.25, -0.2) is 4.98 Å². The van der Waals surface area contributed by atoms with Crippen molar-refractivity contribution in [1.82, 2.24) is 10.3 Å². The van der Waals surface area contributed by atoms with Gasteiger partial charge in [-0.1, -0.05) is 6.92 Å². The van der Waals surface area contributed by atoms with Gasteiger partial charge in [0.15, 0.2) is 0 Å². The summed E-state index contributed by atoms with van der Waals surface area (Å²) in [5, 5.41) is 2.22. The van der Waals surface area contributed by atoms with Gasteiger partial charge in [-0.15, -0.1) is 0 Å². The Hall–Kier alpha value is -1.52. The molecule has 4 nitrogen and oxygen atoms in total. The van der Waals surface area contributed by atoms with E-state index in [9.17, 15) is 31.1 Å². The molecule has 0 saturated carbocycles. The number of anilines is 1. The molecule has 0 bridgehead atoms. The minimum atomic E-state index is -5.84. The number of hydrogen-bond donors (Lipinski definition) is 2. The molecule has 1 aromatic rings. The summed E-state index contributed by atoms with van der Waals surface area (Å²) < 4.78 is 79.0. The van der Waals surface area contributed by atoms with Crippen molar-refractivity contribution in [3.05, 3.63) is 22.8 Å². The molecule has 0 fully saturated rings. The van der Waals surface area contributed by atoms with Gasteiger partial charge >= 0.3 is 18.0 Å². The Morgan fingerprint density at radius 2 is 1.73 bits per heavy atom. The minimum Gasteiger partial charge on any atom is -0.332 e. The Kier molecular flexibility index (Phi) is 5.31. The highest BCUT2D eigenvalue weighted by Crippen LogP contribution is 2.43. The first-order chi connectivity index (χ1) is 9.93. The van der Waals surface area contributed by atoms with E-state index in [1.54, 1.807) is 0 Å². The van der Waals surface area contributed by atoms with Crippen LogP contribution in [-0.4, -0.2) is 28.9 Å². The molecule has 11 heteroatoms. The molecule has 0 saturated heterocycles. The Bertz CT molecular complexity index is 514. The Labute approximate surface area is 129 Å². The summed E-state index contributed by atoms with van der Waals surface area (Å²) in [7, 11) is 0.